The lowest BCUT2D eigenvalue weighted by Gasteiger charge is -2.09. The van der Waals surface area contributed by atoms with Crippen molar-refractivity contribution < 1.29 is 13.2 Å². The first kappa shape index (κ1) is 19.5. The van der Waals surface area contributed by atoms with Crippen LogP contribution in [0.1, 0.15) is 11.1 Å². The van der Waals surface area contributed by atoms with E-state index in [0.29, 0.717) is 6.54 Å². The van der Waals surface area contributed by atoms with Gasteiger partial charge in [-0.15, -0.1) is 0 Å². The minimum atomic E-state index is -3.89. The molecule has 0 saturated carbocycles. The van der Waals surface area contributed by atoms with Crippen molar-refractivity contribution in [3.05, 3.63) is 88.2 Å². The summed E-state index contributed by atoms with van der Waals surface area (Å²) in [5.74, 6) is -0.441. The van der Waals surface area contributed by atoms with Gasteiger partial charge in [-0.1, -0.05) is 48.0 Å². The Labute approximate surface area is 162 Å². The molecule has 0 bridgehead atoms. The third kappa shape index (κ3) is 4.52. The summed E-state index contributed by atoms with van der Waals surface area (Å²) in [6, 6.07) is 17.9. The zero-order chi connectivity index (χ0) is 20.1. The van der Waals surface area contributed by atoms with Crippen molar-refractivity contribution >= 4 is 15.7 Å². The molecule has 7 nitrogen and oxygen atoms in total. The van der Waals surface area contributed by atoms with Gasteiger partial charge >= 0.3 is 0 Å². The van der Waals surface area contributed by atoms with Gasteiger partial charge in [-0.25, -0.2) is 13.1 Å². The molecule has 0 aliphatic heterocycles. The van der Waals surface area contributed by atoms with E-state index in [9.17, 15) is 18.0 Å². The molecule has 28 heavy (non-hydrogen) atoms. The molecule has 144 valence electrons. The normalized spacial score (nSPS) is 11.2. The molecule has 0 fully saturated rings. The van der Waals surface area contributed by atoms with Crippen molar-refractivity contribution in [1.29, 1.82) is 0 Å². The van der Waals surface area contributed by atoms with E-state index in [-0.39, 0.29) is 16.5 Å². The molecular weight excluding hydrogens is 378 g/mol. The minimum Gasteiger partial charge on any atom is -0.350 e. The van der Waals surface area contributed by atoms with E-state index in [0.717, 1.165) is 27.9 Å². The molecule has 1 amide bonds. The Morgan fingerprint density at radius 1 is 1.00 bits per heavy atom. The summed E-state index contributed by atoms with van der Waals surface area (Å²) in [6.45, 7) is 1.78. The van der Waals surface area contributed by atoms with Crippen LogP contribution >= 0.6 is 0 Å². The fourth-order valence-corrected chi connectivity index (χ4v) is 3.70. The van der Waals surface area contributed by atoms with E-state index in [1.807, 2.05) is 37.3 Å². The molecule has 1 aromatic heterocycles. The van der Waals surface area contributed by atoms with Crippen LogP contribution in [0.2, 0.25) is 0 Å². The van der Waals surface area contributed by atoms with Gasteiger partial charge < -0.3 is 5.32 Å². The van der Waals surface area contributed by atoms with Gasteiger partial charge in [0.2, 0.25) is 15.7 Å². The first-order chi connectivity index (χ1) is 13.4. The number of benzene rings is 2. The first-order valence-electron chi connectivity index (χ1n) is 8.57. The van der Waals surface area contributed by atoms with Crippen LogP contribution < -0.4 is 10.9 Å². The average molecular weight is 397 g/mol. The average Bonchev–Trinajstić information content (AvgIpc) is 2.69. The van der Waals surface area contributed by atoms with Gasteiger partial charge in [0.15, 0.2) is 5.03 Å². The molecule has 3 aromatic rings. The maximum Gasteiger partial charge on any atom is 0.267 e. The smallest absolute Gasteiger partial charge is 0.267 e. The summed E-state index contributed by atoms with van der Waals surface area (Å²) in [5, 5.41) is 6.29. The fraction of sp³-hybridized carbons (Fsp3) is 0.150. The van der Waals surface area contributed by atoms with Gasteiger partial charge in [0.05, 0.1) is 4.90 Å². The molecule has 1 N–H and O–H groups in total. The Morgan fingerprint density at radius 3 is 2.36 bits per heavy atom. The second-order valence-corrected chi connectivity index (χ2v) is 8.14. The molecule has 3 rings (SSSR count). The Balaban J connectivity index is 1.78. The lowest BCUT2D eigenvalue weighted by Crippen LogP contribution is -2.33. The van der Waals surface area contributed by atoms with Crippen molar-refractivity contribution in [1.82, 2.24) is 15.1 Å². The fourth-order valence-electron chi connectivity index (χ4n) is 2.51. The second-order valence-electron chi connectivity index (χ2n) is 6.25. The SMILES string of the molecule is Cc1ccc(S(=O)(=O)c2ccc(=O)n(CC(=O)NCc3ccccc3)n2)cc1. The summed E-state index contributed by atoms with van der Waals surface area (Å²) >= 11 is 0. The number of nitrogens with zero attached hydrogens (tertiary/aromatic N) is 2. The Kier molecular flexibility index (Phi) is 5.70. The summed E-state index contributed by atoms with van der Waals surface area (Å²) in [7, 11) is -3.89. The quantitative estimate of drug-likeness (QED) is 0.683. The van der Waals surface area contributed by atoms with E-state index in [2.05, 4.69) is 10.4 Å². The number of sulfone groups is 1. The highest BCUT2D eigenvalue weighted by atomic mass is 32.2. The highest BCUT2D eigenvalue weighted by Crippen LogP contribution is 2.18. The van der Waals surface area contributed by atoms with Gasteiger partial charge in [0, 0.05) is 12.6 Å². The lowest BCUT2D eigenvalue weighted by molar-refractivity contribution is -0.122. The standard InChI is InChI=1S/C20H19N3O4S/c1-15-7-9-17(10-8-15)28(26,27)19-11-12-20(25)23(22-19)14-18(24)21-13-16-5-3-2-4-6-16/h2-12H,13-14H2,1H3,(H,21,24). The van der Waals surface area contributed by atoms with Crippen molar-refractivity contribution in [2.75, 3.05) is 0 Å². The molecule has 0 radical (unpaired) electrons. The van der Waals surface area contributed by atoms with Crippen LogP contribution in [0.3, 0.4) is 0 Å². The monoisotopic (exact) mass is 397 g/mol. The van der Waals surface area contributed by atoms with Crippen molar-refractivity contribution in [2.24, 2.45) is 0 Å². The highest BCUT2D eigenvalue weighted by Gasteiger charge is 2.20. The molecular formula is C20H19N3O4S. The first-order valence-corrected chi connectivity index (χ1v) is 10.0. The number of rotatable bonds is 6. The minimum absolute atomic E-state index is 0.0735. The Morgan fingerprint density at radius 2 is 1.68 bits per heavy atom. The zero-order valence-electron chi connectivity index (χ0n) is 15.2. The number of aromatic nitrogens is 2. The van der Waals surface area contributed by atoms with Gasteiger partial charge in [-0.3, -0.25) is 9.59 Å². The van der Waals surface area contributed by atoms with Crippen molar-refractivity contribution in [3.63, 3.8) is 0 Å². The molecule has 2 aromatic carbocycles. The summed E-state index contributed by atoms with van der Waals surface area (Å²) in [5.41, 5.74) is 1.27. The number of hydrogen-bond donors (Lipinski definition) is 1. The van der Waals surface area contributed by atoms with Gasteiger partial charge in [0.1, 0.15) is 6.54 Å². The number of amides is 1. The Bertz CT molecular complexity index is 1140. The van der Waals surface area contributed by atoms with Crippen LogP contribution in [0, 0.1) is 6.92 Å². The maximum atomic E-state index is 12.7. The number of carbonyl (C=O) groups is 1. The van der Waals surface area contributed by atoms with Crippen LogP contribution in [0.5, 0.6) is 0 Å². The van der Waals surface area contributed by atoms with Gasteiger partial charge in [0.25, 0.3) is 5.56 Å². The maximum absolute atomic E-state index is 12.7. The van der Waals surface area contributed by atoms with Gasteiger partial charge in [-0.05, 0) is 30.7 Å². The van der Waals surface area contributed by atoms with Crippen LogP contribution in [-0.2, 0) is 27.7 Å². The van der Waals surface area contributed by atoms with E-state index in [1.165, 1.54) is 12.1 Å². The van der Waals surface area contributed by atoms with Crippen LogP contribution in [0.25, 0.3) is 0 Å². The largest absolute Gasteiger partial charge is 0.350 e. The molecule has 0 aliphatic carbocycles. The van der Waals surface area contributed by atoms with Crippen LogP contribution in [-0.4, -0.2) is 24.1 Å². The zero-order valence-corrected chi connectivity index (χ0v) is 16.0. The highest BCUT2D eigenvalue weighted by molar-refractivity contribution is 7.91. The second kappa shape index (κ2) is 8.18. The predicted molar refractivity (Wildman–Crippen MR) is 103 cm³/mol. The number of carbonyl (C=O) groups excluding carboxylic acids is 1. The van der Waals surface area contributed by atoms with Gasteiger partial charge in [-0.2, -0.15) is 5.10 Å². The number of hydrogen-bond acceptors (Lipinski definition) is 5. The van der Waals surface area contributed by atoms with E-state index in [1.54, 1.807) is 12.1 Å². The third-order valence-corrected chi connectivity index (χ3v) is 5.74. The number of aryl methyl sites for hydroxylation is 1. The lowest BCUT2D eigenvalue weighted by atomic mass is 10.2. The predicted octanol–water partition coefficient (Wildman–Crippen LogP) is 1.70. The Hall–Kier alpha value is -3.26. The van der Waals surface area contributed by atoms with E-state index >= 15 is 0 Å². The van der Waals surface area contributed by atoms with E-state index < -0.39 is 21.3 Å². The summed E-state index contributed by atoms with van der Waals surface area (Å²) < 4.78 is 26.3. The molecule has 0 saturated heterocycles. The van der Waals surface area contributed by atoms with Crippen LogP contribution in [0.4, 0.5) is 0 Å². The molecule has 1 heterocycles. The molecule has 0 aliphatic rings. The molecule has 8 heteroatoms. The molecule has 0 unspecified atom stereocenters. The third-order valence-electron chi connectivity index (χ3n) is 4.07. The van der Waals surface area contributed by atoms with Crippen molar-refractivity contribution in [3.8, 4) is 0 Å². The van der Waals surface area contributed by atoms with E-state index in [4.69, 9.17) is 0 Å². The van der Waals surface area contributed by atoms with Crippen molar-refractivity contribution in [2.45, 2.75) is 29.9 Å². The summed E-state index contributed by atoms with van der Waals surface area (Å²) in [6.07, 6.45) is 0. The topological polar surface area (TPSA) is 98.1 Å². The number of nitrogens with one attached hydrogen (secondary N) is 1. The molecule has 0 atom stereocenters. The summed E-state index contributed by atoms with van der Waals surface area (Å²) in [4.78, 5) is 24.2. The van der Waals surface area contributed by atoms with Crippen LogP contribution in [0.15, 0.2) is 81.4 Å². The molecule has 0 spiro atoms.